The van der Waals surface area contributed by atoms with Crippen LogP contribution in [0, 0.1) is 0 Å². The highest BCUT2D eigenvalue weighted by Gasteiger charge is 2.07. The largest absolute Gasteiger partial charge is 0.323 e. The molecule has 2 rings (SSSR count). The van der Waals surface area contributed by atoms with Crippen molar-refractivity contribution in [2.45, 2.75) is 20.3 Å². The maximum atomic E-state index is 12.1. The summed E-state index contributed by atoms with van der Waals surface area (Å²) in [6.07, 6.45) is 0.850. The van der Waals surface area contributed by atoms with Crippen LogP contribution in [0.2, 0.25) is 0 Å². The predicted molar refractivity (Wildman–Crippen MR) is 94.0 cm³/mol. The van der Waals surface area contributed by atoms with Gasteiger partial charge in [-0.1, -0.05) is 25.1 Å². The predicted octanol–water partition coefficient (Wildman–Crippen LogP) is 3.88. The Kier molecular flexibility index (Phi) is 5.36. The zero-order chi connectivity index (χ0) is 16.8. The lowest BCUT2D eigenvalue weighted by molar-refractivity contribution is -0.116. The average Bonchev–Trinajstić information content (AvgIpc) is 2.55. The monoisotopic (exact) mass is 311 g/mol. The van der Waals surface area contributed by atoms with Gasteiger partial charge in [0.25, 0.3) is 0 Å². The van der Waals surface area contributed by atoms with Crippen molar-refractivity contribution < 1.29 is 9.59 Å². The third-order valence-corrected chi connectivity index (χ3v) is 3.63. The molecule has 0 fully saturated rings. The molecule has 0 unspecified atom stereocenters. The van der Waals surface area contributed by atoms with E-state index < -0.39 is 0 Å². The highest BCUT2D eigenvalue weighted by Crippen LogP contribution is 2.18. The van der Waals surface area contributed by atoms with Gasteiger partial charge in [0.05, 0.1) is 0 Å². The van der Waals surface area contributed by atoms with Gasteiger partial charge in [-0.2, -0.15) is 0 Å². The lowest BCUT2D eigenvalue weighted by Gasteiger charge is -2.15. The van der Waals surface area contributed by atoms with Gasteiger partial charge in [-0.15, -0.1) is 0 Å². The van der Waals surface area contributed by atoms with E-state index in [2.05, 4.69) is 10.6 Å². The van der Waals surface area contributed by atoms with Gasteiger partial charge in [-0.25, -0.2) is 4.79 Å². The van der Waals surface area contributed by atoms with Crippen molar-refractivity contribution >= 4 is 29.0 Å². The number of hydrogen-bond acceptors (Lipinski definition) is 2. The molecule has 120 valence electrons. The van der Waals surface area contributed by atoms with E-state index in [4.69, 9.17) is 0 Å². The van der Waals surface area contributed by atoms with E-state index in [0.717, 1.165) is 23.4 Å². The minimum absolute atomic E-state index is 0.0420. The molecule has 2 aromatic rings. The van der Waals surface area contributed by atoms with Crippen molar-refractivity contribution in [1.29, 1.82) is 0 Å². The number of amides is 3. The first-order valence-electron chi connectivity index (χ1n) is 7.51. The van der Waals surface area contributed by atoms with Gasteiger partial charge in [-0.05, 0) is 42.3 Å². The second kappa shape index (κ2) is 7.45. The summed E-state index contributed by atoms with van der Waals surface area (Å²) in [5.74, 6) is -0.0420. The number of rotatable bonds is 4. The normalized spacial score (nSPS) is 10.0. The van der Waals surface area contributed by atoms with E-state index in [9.17, 15) is 9.59 Å². The number of nitrogens with one attached hydrogen (secondary N) is 2. The van der Waals surface area contributed by atoms with Crippen molar-refractivity contribution in [3.05, 3.63) is 54.1 Å². The number of hydrogen-bond donors (Lipinski definition) is 2. The molecule has 0 radical (unpaired) electrons. The Balaban J connectivity index is 2.02. The van der Waals surface area contributed by atoms with Crippen molar-refractivity contribution in [3.8, 4) is 0 Å². The van der Waals surface area contributed by atoms with E-state index in [1.54, 1.807) is 36.2 Å². The first-order chi connectivity index (χ1) is 11.0. The molecule has 0 atom stereocenters. The molecule has 3 amide bonds. The fourth-order valence-corrected chi connectivity index (χ4v) is 2.19. The maximum absolute atomic E-state index is 12.1. The molecule has 0 aliphatic rings. The number of nitrogens with zero attached hydrogens (tertiary/aromatic N) is 1. The van der Waals surface area contributed by atoms with Crippen LogP contribution in [-0.4, -0.2) is 19.0 Å². The Morgan fingerprint density at radius 1 is 1.00 bits per heavy atom. The van der Waals surface area contributed by atoms with Gasteiger partial charge in [-0.3, -0.25) is 4.79 Å². The minimum Gasteiger partial charge on any atom is -0.316 e. The first-order valence-corrected chi connectivity index (χ1v) is 7.51. The number of urea groups is 1. The summed E-state index contributed by atoms with van der Waals surface area (Å²) in [6, 6.07) is 14.5. The molecular weight excluding hydrogens is 290 g/mol. The molecule has 0 aromatic heterocycles. The Morgan fingerprint density at radius 3 is 2.26 bits per heavy atom. The van der Waals surface area contributed by atoms with E-state index in [1.807, 2.05) is 31.2 Å². The highest BCUT2D eigenvalue weighted by atomic mass is 16.2. The Labute approximate surface area is 136 Å². The smallest absolute Gasteiger partial charge is 0.316 e. The van der Waals surface area contributed by atoms with E-state index in [1.165, 1.54) is 6.92 Å². The SMILES string of the molecule is CCc1ccccc1NC(=O)Nc1ccc(N(C)C(C)=O)cc1. The van der Waals surface area contributed by atoms with Crippen molar-refractivity contribution in [2.24, 2.45) is 0 Å². The van der Waals surface area contributed by atoms with Crippen LogP contribution in [0.4, 0.5) is 21.9 Å². The van der Waals surface area contributed by atoms with Gasteiger partial charge in [0, 0.05) is 31.0 Å². The quantitative estimate of drug-likeness (QED) is 0.900. The number of para-hydroxylation sites is 1. The van der Waals surface area contributed by atoms with Gasteiger partial charge in [0.15, 0.2) is 0 Å². The molecular formula is C18H21N3O2. The van der Waals surface area contributed by atoms with Crippen LogP contribution in [0.3, 0.4) is 0 Å². The fourth-order valence-electron chi connectivity index (χ4n) is 2.19. The number of benzene rings is 2. The summed E-state index contributed by atoms with van der Waals surface area (Å²) in [7, 11) is 1.71. The molecule has 5 nitrogen and oxygen atoms in total. The number of anilines is 3. The molecule has 0 spiro atoms. The van der Waals surface area contributed by atoms with Crippen LogP contribution in [0.15, 0.2) is 48.5 Å². The standard InChI is InChI=1S/C18H21N3O2/c1-4-14-7-5-6-8-17(14)20-18(23)19-15-9-11-16(12-10-15)21(3)13(2)22/h5-12H,4H2,1-3H3,(H2,19,20,23). The van der Waals surface area contributed by atoms with Gasteiger partial charge < -0.3 is 15.5 Å². The van der Waals surface area contributed by atoms with E-state index >= 15 is 0 Å². The minimum atomic E-state index is -0.293. The molecule has 0 aliphatic heterocycles. The van der Waals surface area contributed by atoms with Crippen LogP contribution in [0.5, 0.6) is 0 Å². The highest BCUT2D eigenvalue weighted by molar-refractivity contribution is 6.00. The van der Waals surface area contributed by atoms with Crippen LogP contribution in [0.1, 0.15) is 19.4 Å². The lowest BCUT2D eigenvalue weighted by Crippen LogP contribution is -2.23. The fraction of sp³-hybridized carbons (Fsp3) is 0.222. The van der Waals surface area contributed by atoms with E-state index in [-0.39, 0.29) is 11.9 Å². The second-order valence-electron chi connectivity index (χ2n) is 5.21. The third-order valence-electron chi connectivity index (χ3n) is 3.63. The molecule has 0 bridgehead atoms. The van der Waals surface area contributed by atoms with Crippen molar-refractivity contribution in [3.63, 3.8) is 0 Å². The summed E-state index contributed by atoms with van der Waals surface area (Å²) in [4.78, 5) is 24.9. The molecule has 2 N–H and O–H groups in total. The number of carbonyl (C=O) groups is 2. The molecule has 0 saturated carbocycles. The van der Waals surface area contributed by atoms with Crippen LogP contribution in [-0.2, 0) is 11.2 Å². The number of carbonyl (C=O) groups excluding carboxylic acids is 2. The Morgan fingerprint density at radius 2 is 1.65 bits per heavy atom. The summed E-state index contributed by atoms with van der Waals surface area (Å²) in [5, 5.41) is 5.63. The van der Waals surface area contributed by atoms with Crippen LogP contribution < -0.4 is 15.5 Å². The van der Waals surface area contributed by atoms with Gasteiger partial charge >= 0.3 is 6.03 Å². The van der Waals surface area contributed by atoms with Gasteiger partial charge in [0.1, 0.15) is 0 Å². The Hall–Kier alpha value is -2.82. The van der Waals surface area contributed by atoms with Crippen molar-refractivity contribution in [2.75, 3.05) is 22.6 Å². The Bertz CT molecular complexity index is 696. The van der Waals surface area contributed by atoms with Crippen molar-refractivity contribution in [1.82, 2.24) is 0 Å². The molecule has 2 aromatic carbocycles. The van der Waals surface area contributed by atoms with Crippen LogP contribution >= 0.6 is 0 Å². The first kappa shape index (κ1) is 16.5. The van der Waals surface area contributed by atoms with Gasteiger partial charge in [0.2, 0.25) is 5.91 Å². The molecule has 23 heavy (non-hydrogen) atoms. The molecule has 0 saturated heterocycles. The third kappa shape index (κ3) is 4.32. The molecule has 5 heteroatoms. The lowest BCUT2D eigenvalue weighted by atomic mass is 10.1. The summed E-state index contributed by atoms with van der Waals surface area (Å²) < 4.78 is 0. The molecule has 0 heterocycles. The van der Waals surface area contributed by atoms with E-state index in [0.29, 0.717) is 5.69 Å². The maximum Gasteiger partial charge on any atom is 0.323 e. The zero-order valence-corrected chi connectivity index (χ0v) is 13.6. The second-order valence-corrected chi connectivity index (χ2v) is 5.21. The topological polar surface area (TPSA) is 61.4 Å². The summed E-state index contributed by atoms with van der Waals surface area (Å²) in [6.45, 7) is 3.55. The summed E-state index contributed by atoms with van der Waals surface area (Å²) >= 11 is 0. The zero-order valence-electron chi connectivity index (χ0n) is 13.6. The average molecular weight is 311 g/mol. The number of aryl methyl sites for hydroxylation is 1. The molecule has 0 aliphatic carbocycles. The van der Waals surface area contributed by atoms with Crippen LogP contribution in [0.25, 0.3) is 0 Å². The summed E-state index contributed by atoms with van der Waals surface area (Å²) in [5.41, 5.74) is 3.33.